The highest BCUT2D eigenvalue weighted by atomic mass is 16.1. The second-order valence-electron chi connectivity index (χ2n) is 7.39. The Hall–Kier alpha value is -3.46. The van der Waals surface area contributed by atoms with Crippen molar-refractivity contribution in [2.45, 2.75) is 32.2 Å². The maximum Gasteiger partial charge on any atom is 0.223 e. The molecule has 1 N–H and O–H groups in total. The van der Waals surface area contributed by atoms with E-state index in [2.05, 4.69) is 46.0 Å². The highest BCUT2D eigenvalue weighted by Gasteiger charge is 2.32. The van der Waals surface area contributed by atoms with Crippen molar-refractivity contribution in [2.75, 3.05) is 6.54 Å². The Bertz CT molecular complexity index is 1030. The third-order valence-electron chi connectivity index (χ3n) is 5.58. The standard InChI is InChI=1S/C23H23N5O/c1-2-25-23(29)20-11-12-21(13-20)28-22(15-26-27-28)19-9-7-18(8-10-19)17-5-3-16(14-24)4-6-17/h3-10,15,20-21H,2,11-13H2,1H3,(H,25,29). The third kappa shape index (κ3) is 3.90. The summed E-state index contributed by atoms with van der Waals surface area (Å²) >= 11 is 0. The number of hydrogen-bond acceptors (Lipinski definition) is 4. The van der Waals surface area contributed by atoms with E-state index >= 15 is 0 Å². The number of hydrogen-bond donors (Lipinski definition) is 1. The van der Waals surface area contributed by atoms with Gasteiger partial charge in [0.2, 0.25) is 5.91 Å². The van der Waals surface area contributed by atoms with Gasteiger partial charge in [0, 0.05) is 18.0 Å². The Kier molecular flexibility index (Phi) is 5.39. The van der Waals surface area contributed by atoms with E-state index in [9.17, 15) is 4.79 Å². The van der Waals surface area contributed by atoms with Gasteiger partial charge in [-0.1, -0.05) is 41.6 Å². The van der Waals surface area contributed by atoms with Crippen molar-refractivity contribution in [3.8, 4) is 28.5 Å². The first-order valence-electron chi connectivity index (χ1n) is 9.98. The van der Waals surface area contributed by atoms with Gasteiger partial charge in [-0.3, -0.25) is 4.79 Å². The van der Waals surface area contributed by atoms with Crippen LogP contribution >= 0.6 is 0 Å². The first-order chi connectivity index (χ1) is 14.2. The van der Waals surface area contributed by atoms with Gasteiger partial charge in [-0.05, 0) is 49.4 Å². The summed E-state index contributed by atoms with van der Waals surface area (Å²) < 4.78 is 1.97. The molecule has 1 aromatic heterocycles. The summed E-state index contributed by atoms with van der Waals surface area (Å²) in [5.74, 6) is 0.194. The molecule has 146 valence electrons. The van der Waals surface area contributed by atoms with Gasteiger partial charge in [0.05, 0.1) is 29.6 Å². The number of carbonyl (C=O) groups excluding carboxylic acids is 1. The van der Waals surface area contributed by atoms with Gasteiger partial charge in [-0.25, -0.2) is 4.68 Å². The average Bonchev–Trinajstić information content (AvgIpc) is 3.44. The molecular formula is C23H23N5O. The summed E-state index contributed by atoms with van der Waals surface area (Å²) in [5.41, 5.74) is 4.84. The summed E-state index contributed by atoms with van der Waals surface area (Å²) in [4.78, 5) is 12.2. The van der Waals surface area contributed by atoms with E-state index in [4.69, 9.17) is 5.26 Å². The smallest absolute Gasteiger partial charge is 0.223 e. The Morgan fingerprint density at radius 1 is 1.10 bits per heavy atom. The molecule has 1 aliphatic rings. The van der Waals surface area contributed by atoms with E-state index in [-0.39, 0.29) is 17.9 Å². The molecule has 3 aromatic rings. The zero-order valence-corrected chi connectivity index (χ0v) is 16.4. The van der Waals surface area contributed by atoms with Crippen LogP contribution in [-0.2, 0) is 4.79 Å². The van der Waals surface area contributed by atoms with E-state index in [1.165, 1.54) is 0 Å². The quantitative estimate of drug-likeness (QED) is 0.720. The van der Waals surface area contributed by atoms with E-state index in [1.54, 1.807) is 6.20 Å². The molecule has 0 bridgehead atoms. The lowest BCUT2D eigenvalue weighted by molar-refractivity contribution is -0.124. The van der Waals surface area contributed by atoms with Crippen molar-refractivity contribution in [3.63, 3.8) is 0 Å². The van der Waals surface area contributed by atoms with Crippen LogP contribution in [0.15, 0.2) is 54.7 Å². The highest BCUT2D eigenvalue weighted by Crippen LogP contribution is 2.37. The fraction of sp³-hybridized carbons (Fsp3) is 0.304. The van der Waals surface area contributed by atoms with E-state index < -0.39 is 0 Å². The van der Waals surface area contributed by atoms with Gasteiger partial charge in [0.15, 0.2) is 0 Å². The van der Waals surface area contributed by atoms with Crippen LogP contribution in [0.4, 0.5) is 0 Å². The van der Waals surface area contributed by atoms with Gasteiger partial charge < -0.3 is 5.32 Å². The van der Waals surface area contributed by atoms with Crippen molar-refractivity contribution in [1.29, 1.82) is 5.26 Å². The molecule has 0 aliphatic heterocycles. The van der Waals surface area contributed by atoms with Crippen LogP contribution in [-0.4, -0.2) is 27.4 Å². The lowest BCUT2D eigenvalue weighted by atomic mass is 10.0. The number of nitriles is 1. The monoisotopic (exact) mass is 385 g/mol. The summed E-state index contributed by atoms with van der Waals surface area (Å²) in [6.07, 6.45) is 4.40. The molecule has 6 heteroatoms. The molecule has 1 heterocycles. The zero-order chi connectivity index (χ0) is 20.2. The summed E-state index contributed by atoms with van der Waals surface area (Å²) in [7, 11) is 0. The molecule has 4 rings (SSSR count). The molecule has 1 saturated carbocycles. The van der Waals surface area contributed by atoms with Gasteiger partial charge in [0.1, 0.15) is 0 Å². The number of amides is 1. The highest BCUT2D eigenvalue weighted by molar-refractivity contribution is 5.79. The van der Waals surface area contributed by atoms with Crippen molar-refractivity contribution in [3.05, 3.63) is 60.3 Å². The molecule has 2 aromatic carbocycles. The normalized spacial score (nSPS) is 18.3. The molecule has 0 spiro atoms. The van der Waals surface area contributed by atoms with E-state index in [0.29, 0.717) is 12.1 Å². The largest absolute Gasteiger partial charge is 0.356 e. The van der Waals surface area contributed by atoms with Gasteiger partial charge in [0.25, 0.3) is 0 Å². The fourth-order valence-corrected chi connectivity index (χ4v) is 4.03. The van der Waals surface area contributed by atoms with Gasteiger partial charge in [-0.2, -0.15) is 5.26 Å². The Morgan fingerprint density at radius 2 is 1.76 bits per heavy atom. The number of carbonyl (C=O) groups is 1. The van der Waals surface area contributed by atoms with Crippen molar-refractivity contribution in [1.82, 2.24) is 20.3 Å². The molecule has 1 aliphatic carbocycles. The second kappa shape index (κ2) is 8.27. The van der Waals surface area contributed by atoms with Crippen molar-refractivity contribution >= 4 is 5.91 Å². The number of benzene rings is 2. The van der Waals surface area contributed by atoms with Crippen LogP contribution in [0.5, 0.6) is 0 Å². The minimum absolute atomic E-state index is 0.0516. The minimum atomic E-state index is 0.0516. The van der Waals surface area contributed by atoms with Crippen LogP contribution in [0.2, 0.25) is 0 Å². The number of nitrogens with zero attached hydrogens (tertiary/aromatic N) is 4. The first-order valence-corrected chi connectivity index (χ1v) is 9.98. The maximum absolute atomic E-state index is 12.2. The molecule has 1 fully saturated rings. The van der Waals surface area contributed by atoms with Crippen LogP contribution in [0.1, 0.15) is 37.8 Å². The molecule has 6 nitrogen and oxygen atoms in total. The SMILES string of the molecule is CCNC(=O)C1CCC(n2nncc2-c2ccc(-c3ccc(C#N)cc3)cc2)C1. The Morgan fingerprint density at radius 3 is 2.41 bits per heavy atom. The maximum atomic E-state index is 12.2. The molecule has 2 unspecified atom stereocenters. The van der Waals surface area contributed by atoms with Crippen LogP contribution in [0, 0.1) is 17.2 Å². The molecule has 0 saturated heterocycles. The van der Waals surface area contributed by atoms with Gasteiger partial charge in [-0.15, -0.1) is 5.10 Å². The number of aromatic nitrogens is 3. The second-order valence-corrected chi connectivity index (χ2v) is 7.39. The summed E-state index contributed by atoms with van der Waals surface area (Å²) in [5, 5.41) is 20.3. The molecule has 2 atom stereocenters. The number of nitrogens with one attached hydrogen (secondary N) is 1. The third-order valence-corrected chi connectivity index (χ3v) is 5.58. The van der Waals surface area contributed by atoms with Crippen LogP contribution < -0.4 is 5.32 Å². The Labute approximate surface area is 170 Å². The summed E-state index contributed by atoms with van der Waals surface area (Å²) in [6, 6.07) is 18.2. The van der Waals surface area contributed by atoms with E-state index in [0.717, 1.165) is 41.6 Å². The van der Waals surface area contributed by atoms with Crippen LogP contribution in [0.25, 0.3) is 22.4 Å². The van der Waals surface area contributed by atoms with Gasteiger partial charge >= 0.3 is 0 Å². The lowest BCUT2D eigenvalue weighted by Gasteiger charge is -2.14. The lowest BCUT2D eigenvalue weighted by Crippen LogP contribution is -2.29. The Balaban J connectivity index is 1.52. The fourth-order valence-electron chi connectivity index (χ4n) is 4.03. The predicted octanol–water partition coefficient (Wildman–Crippen LogP) is 3.96. The van der Waals surface area contributed by atoms with Crippen molar-refractivity contribution < 1.29 is 4.79 Å². The molecule has 0 radical (unpaired) electrons. The topological polar surface area (TPSA) is 83.6 Å². The average molecular weight is 385 g/mol. The molecular weight excluding hydrogens is 362 g/mol. The summed E-state index contributed by atoms with van der Waals surface area (Å²) in [6.45, 7) is 2.61. The van der Waals surface area contributed by atoms with E-state index in [1.807, 2.05) is 35.9 Å². The number of rotatable bonds is 5. The molecule has 29 heavy (non-hydrogen) atoms. The predicted molar refractivity (Wildman–Crippen MR) is 111 cm³/mol. The van der Waals surface area contributed by atoms with Crippen molar-refractivity contribution in [2.24, 2.45) is 5.92 Å². The first kappa shape index (κ1) is 18.9. The zero-order valence-electron chi connectivity index (χ0n) is 16.4. The molecule has 1 amide bonds. The minimum Gasteiger partial charge on any atom is -0.356 e. The van der Waals surface area contributed by atoms with Crippen LogP contribution in [0.3, 0.4) is 0 Å².